The molecule has 0 atom stereocenters. The van der Waals surface area contributed by atoms with E-state index in [0.29, 0.717) is 28.7 Å². The van der Waals surface area contributed by atoms with Gasteiger partial charge in [0.25, 0.3) is 11.7 Å². The van der Waals surface area contributed by atoms with Crippen LogP contribution in [-0.4, -0.2) is 23.2 Å². The standard InChI is InChI=1S/C15H11BrN2O2/c16-11-2-1-3-12-13(11)14(19)15(20)18(12)9-6-10-4-7-17-8-5-10/h1-5,7-8H,6,9H2. The van der Waals surface area contributed by atoms with Crippen LogP contribution in [0.5, 0.6) is 0 Å². The molecule has 1 amide bonds. The molecular weight excluding hydrogens is 320 g/mol. The van der Waals surface area contributed by atoms with Crippen LogP contribution >= 0.6 is 15.9 Å². The summed E-state index contributed by atoms with van der Waals surface area (Å²) in [5.41, 5.74) is 2.24. The first-order chi connectivity index (χ1) is 9.68. The fourth-order valence-corrected chi connectivity index (χ4v) is 2.85. The van der Waals surface area contributed by atoms with Crippen LogP contribution in [-0.2, 0) is 11.2 Å². The van der Waals surface area contributed by atoms with E-state index >= 15 is 0 Å². The Balaban J connectivity index is 1.87. The first-order valence-corrected chi connectivity index (χ1v) is 7.01. The maximum absolute atomic E-state index is 12.1. The van der Waals surface area contributed by atoms with E-state index in [1.165, 1.54) is 0 Å². The van der Waals surface area contributed by atoms with Crippen LogP contribution in [0.1, 0.15) is 15.9 Å². The molecule has 0 bridgehead atoms. The zero-order valence-corrected chi connectivity index (χ0v) is 12.1. The second kappa shape index (κ2) is 5.17. The van der Waals surface area contributed by atoms with Gasteiger partial charge in [0.1, 0.15) is 0 Å². The van der Waals surface area contributed by atoms with Gasteiger partial charge in [-0.15, -0.1) is 0 Å². The summed E-state index contributed by atoms with van der Waals surface area (Å²) in [5, 5.41) is 0. The fraction of sp³-hybridized carbons (Fsp3) is 0.133. The van der Waals surface area contributed by atoms with Gasteiger partial charge >= 0.3 is 0 Å². The Kier molecular flexibility index (Phi) is 3.36. The van der Waals surface area contributed by atoms with Gasteiger partial charge in [-0.05, 0) is 52.2 Å². The molecule has 1 aliphatic rings. The molecule has 4 nitrogen and oxygen atoms in total. The molecule has 0 saturated heterocycles. The Morgan fingerprint density at radius 2 is 1.85 bits per heavy atom. The Hall–Kier alpha value is -2.01. The molecule has 5 heteroatoms. The Labute approximate surface area is 124 Å². The third kappa shape index (κ3) is 2.14. The van der Waals surface area contributed by atoms with E-state index in [4.69, 9.17) is 0 Å². The van der Waals surface area contributed by atoms with Gasteiger partial charge in [0, 0.05) is 23.4 Å². The number of amides is 1. The number of pyridine rings is 1. The van der Waals surface area contributed by atoms with Gasteiger partial charge in [0.2, 0.25) is 0 Å². The summed E-state index contributed by atoms with van der Waals surface area (Å²) < 4.78 is 0.666. The van der Waals surface area contributed by atoms with Crippen LogP contribution < -0.4 is 4.90 Å². The summed E-state index contributed by atoms with van der Waals surface area (Å²) in [6.07, 6.45) is 4.13. The van der Waals surface area contributed by atoms with Gasteiger partial charge < -0.3 is 4.90 Å². The number of rotatable bonds is 3. The monoisotopic (exact) mass is 330 g/mol. The predicted molar refractivity (Wildman–Crippen MR) is 78.8 cm³/mol. The van der Waals surface area contributed by atoms with E-state index in [1.807, 2.05) is 18.2 Å². The second-order valence-corrected chi connectivity index (χ2v) is 5.38. The lowest BCUT2D eigenvalue weighted by Gasteiger charge is -2.16. The van der Waals surface area contributed by atoms with E-state index in [0.717, 1.165) is 5.56 Å². The summed E-state index contributed by atoms with van der Waals surface area (Å²) in [6, 6.07) is 9.22. The van der Waals surface area contributed by atoms with Gasteiger partial charge in [-0.2, -0.15) is 0 Å². The summed E-state index contributed by atoms with van der Waals surface area (Å²) in [5.74, 6) is -0.900. The number of hydrogen-bond acceptors (Lipinski definition) is 3. The zero-order valence-electron chi connectivity index (χ0n) is 10.5. The molecule has 0 aliphatic carbocycles. The van der Waals surface area contributed by atoms with E-state index in [9.17, 15) is 9.59 Å². The summed E-state index contributed by atoms with van der Waals surface area (Å²) >= 11 is 3.33. The minimum absolute atomic E-state index is 0.442. The number of halogens is 1. The quantitative estimate of drug-likeness (QED) is 0.813. The third-order valence-corrected chi connectivity index (χ3v) is 3.98. The number of anilines is 1. The second-order valence-electron chi connectivity index (χ2n) is 4.53. The number of carbonyl (C=O) groups is 2. The first-order valence-electron chi connectivity index (χ1n) is 6.22. The number of carbonyl (C=O) groups excluding carboxylic acids is 2. The number of ketones is 1. The molecule has 0 spiro atoms. The van der Waals surface area contributed by atoms with Crippen molar-refractivity contribution in [3.8, 4) is 0 Å². The van der Waals surface area contributed by atoms with Crippen molar-refractivity contribution in [3.05, 3.63) is 58.3 Å². The van der Waals surface area contributed by atoms with Crippen molar-refractivity contribution in [1.29, 1.82) is 0 Å². The number of aromatic nitrogens is 1. The normalized spacial score (nSPS) is 13.8. The number of nitrogens with zero attached hydrogens (tertiary/aromatic N) is 2. The molecule has 2 heterocycles. The predicted octanol–water partition coefficient (Wildman–Crippen LogP) is 2.62. The summed E-state index contributed by atoms with van der Waals surface area (Å²) in [4.78, 5) is 29.6. The molecule has 0 unspecified atom stereocenters. The SMILES string of the molecule is O=C1C(=O)N(CCc2ccncc2)c2cccc(Br)c21. The van der Waals surface area contributed by atoms with Gasteiger partial charge in [-0.25, -0.2) is 0 Å². The maximum Gasteiger partial charge on any atom is 0.299 e. The van der Waals surface area contributed by atoms with Crippen molar-refractivity contribution in [2.45, 2.75) is 6.42 Å². The van der Waals surface area contributed by atoms with Crippen LogP contribution in [0.4, 0.5) is 5.69 Å². The highest BCUT2D eigenvalue weighted by molar-refractivity contribution is 9.10. The largest absolute Gasteiger partial charge is 0.304 e. The van der Waals surface area contributed by atoms with Crippen LogP contribution in [0.2, 0.25) is 0 Å². The molecule has 100 valence electrons. The van der Waals surface area contributed by atoms with Crippen LogP contribution in [0, 0.1) is 0 Å². The molecule has 20 heavy (non-hydrogen) atoms. The summed E-state index contributed by atoms with van der Waals surface area (Å²) in [7, 11) is 0. The molecule has 0 N–H and O–H groups in total. The van der Waals surface area contributed by atoms with Crippen molar-refractivity contribution >= 4 is 33.3 Å². The number of Topliss-reactive ketones (excluding diaryl/α,β-unsaturated/α-hetero) is 1. The molecule has 2 aromatic rings. The summed E-state index contributed by atoms with van der Waals surface area (Å²) in [6.45, 7) is 0.484. The number of fused-ring (bicyclic) bond motifs is 1. The minimum atomic E-state index is -0.457. The van der Waals surface area contributed by atoms with Gasteiger partial charge in [0.05, 0.1) is 11.3 Å². The Bertz CT molecular complexity index is 686. The lowest BCUT2D eigenvalue weighted by molar-refractivity contribution is -0.114. The van der Waals surface area contributed by atoms with Gasteiger partial charge in [0.15, 0.2) is 0 Å². The minimum Gasteiger partial charge on any atom is -0.304 e. The fourth-order valence-electron chi connectivity index (χ4n) is 2.31. The van der Waals surface area contributed by atoms with Crippen LogP contribution in [0.15, 0.2) is 47.2 Å². The maximum atomic E-state index is 12.1. The number of benzene rings is 1. The average molecular weight is 331 g/mol. The highest BCUT2D eigenvalue weighted by Crippen LogP contribution is 2.34. The Morgan fingerprint density at radius 3 is 2.60 bits per heavy atom. The molecular formula is C15H11BrN2O2. The van der Waals surface area contributed by atoms with Gasteiger partial charge in [-0.1, -0.05) is 6.07 Å². The lowest BCUT2D eigenvalue weighted by Crippen LogP contribution is -2.31. The van der Waals surface area contributed by atoms with E-state index in [1.54, 1.807) is 29.4 Å². The number of hydrogen-bond donors (Lipinski definition) is 0. The van der Waals surface area contributed by atoms with Crippen LogP contribution in [0.3, 0.4) is 0 Å². The molecule has 1 aliphatic heterocycles. The smallest absolute Gasteiger partial charge is 0.299 e. The first kappa shape index (κ1) is 13.0. The average Bonchev–Trinajstić information content (AvgIpc) is 2.71. The molecule has 0 saturated carbocycles. The molecule has 1 aromatic heterocycles. The van der Waals surface area contributed by atoms with Crippen molar-refractivity contribution in [2.75, 3.05) is 11.4 Å². The Morgan fingerprint density at radius 1 is 1.10 bits per heavy atom. The van der Waals surface area contributed by atoms with E-state index < -0.39 is 11.7 Å². The van der Waals surface area contributed by atoms with E-state index in [-0.39, 0.29) is 0 Å². The molecule has 1 aromatic carbocycles. The molecule has 3 rings (SSSR count). The zero-order chi connectivity index (χ0) is 14.1. The van der Waals surface area contributed by atoms with Crippen LogP contribution in [0.25, 0.3) is 0 Å². The highest BCUT2D eigenvalue weighted by Gasteiger charge is 2.36. The van der Waals surface area contributed by atoms with Crippen molar-refractivity contribution in [3.63, 3.8) is 0 Å². The van der Waals surface area contributed by atoms with E-state index in [2.05, 4.69) is 20.9 Å². The lowest BCUT2D eigenvalue weighted by atomic mass is 10.1. The van der Waals surface area contributed by atoms with Crippen molar-refractivity contribution in [1.82, 2.24) is 4.98 Å². The third-order valence-electron chi connectivity index (χ3n) is 3.32. The molecule has 0 radical (unpaired) electrons. The van der Waals surface area contributed by atoms with Crippen molar-refractivity contribution < 1.29 is 9.59 Å². The highest BCUT2D eigenvalue weighted by atomic mass is 79.9. The topological polar surface area (TPSA) is 50.3 Å². The van der Waals surface area contributed by atoms with Gasteiger partial charge in [-0.3, -0.25) is 14.6 Å². The molecule has 0 fully saturated rings. The van der Waals surface area contributed by atoms with Crippen molar-refractivity contribution in [2.24, 2.45) is 0 Å².